The van der Waals surface area contributed by atoms with E-state index in [9.17, 15) is 0 Å². The van der Waals surface area contributed by atoms with Crippen LogP contribution in [-0.4, -0.2) is 9.55 Å². The van der Waals surface area contributed by atoms with Crippen LogP contribution in [0.2, 0.25) is 0 Å². The molecule has 0 amide bonds. The molecular weight excluding hydrogens is 186 g/mol. The van der Waals surface area contributed by atoms with E-state index in [0.717, 1.165) is 17.9 Å². The van der Waals surface area contributed by atoms with Gasteiger partial charge in [0.1, 0.15) is 5.82 Å². The lowest BCUT2D eigenvalue weighted by atomic mass is 10.2. The van der Waals surface area contributed by atoms with Gasteiger partial charge in [-0.25, -0.2) is 4.98 Å². The molecule has 0 aliphatic heterocycles. The molecule has 0 atom stereocenters. The first-order chi connectivity index (χ1) is 7.35. The zero-order valence-corrected chi connectivity index (χ0v) is 8.51. The molecule has 0 fully saturated rings. The molecule has 0 aliphatic carbocycles. The Morgan fingerprint density at radius 2 is 2.07 bits per heavy atom. The van der Waals surface area contributed by atoms with Crippen molar-refractivity contribution in [2.24, 2.45) is 0 Å². The van der Waals surface area contributed by atoms with E-state index in [0.29, 0.717) is 5.56 Å². The normalized spacial score (nSPS) is 9.87. The lowest BCUT2D eigenvalue weighted by Crippen LogP contribution is -1.98. The lowest BCUT2D eigenvalue weighted by molar-refractivity contribution is 0.891. The van der Waals surface area contributed by atoms with Crippen molar-refractivity contribution in [3.05, 3.63) is 48.0 Å². The fourth-order valence-electron chi connectivity index (χ4n) is 1.53. The Kier molecular flexibility index (Phi) is 2.51. The van der Waals surface area contributed by atoms with Crippen LogP contribution in [0, 0.1) is 11.3 Å². The molecule has 1 heterocycles. The summed E-state index contributed by atoms with van der Waals surface area (Å²) in [4.78, 5) is 4.25. The standard InChI is InChI=1S/C12H11N3/c1-2-12-14-7-8-15(12)11-5-3-10(9-13)4-6-11/h3-8H,2H2,1H3. The molecule has 15 heavy (non-hydrogen) atoms. The van der Waals surface area contributed by atoms with Crippen LogP contribution in [0.1, 0.15) is 18.3 Å². The van der Waals surface area contributed by atoms with E-state index in [4.69, 9.17) is 5.26 Å². The maximum Gasteiger partial charge on any atom is 0.112 e. The Morgan fingerprint density at radius 1 is 1.33 bits per heavy atom. The number of benzene rings is 1. The van der Waals surface area contributed by atoms with E-state index in [1.54, 1.807) is 6.20 Å². The molecule has 0 N–H and O–H groups in total. The maximum absolute atomic E-state index is 8.69. The van der Waals surface area contributed by atoms with Gasteiger partial charge in [0.15, 0.2) is 0 Å². The quantitative estimate of drug-likeness (QED) is 0.741. The molecule has 0 saturated heterocycles. The summed E-state index contributed by atoms with van der Waals surface area (Å²) in [7, 11) is 0. The zero-order chi connectivity index (χ0) is 10.7. The first-order valence-electron chi connectivity index (χ1n) is 4.88. The first-order valence-corrected chi connectivity index (χ1v) is 4.88. The summed E-state index contributed by atoms with van der Waals surface area (Å²) in [6.07, 6.45) is 4.62. The second-order valence-electron chi connectivity index (χ2n) is 3.23. The minimum atomic E-state index is 0.678. The van der Waals surface area contributed by atoms with Crippen LogP contribution in [0.4, 0.5) is 0 Å². The molecule has 0 saturated carbocycles. The van der Waals surface area contributed by atoms with Gasteiger partial charge in [-0.15, -0.1) is 0 Å². The summed E-state index contributed by atoms with van der Waals surface area (Å²) in [5.74, 6) is 1.03. The minimum Gasteiger partial charge on any atom is -0.304 e. The van der Waals surface area contributed by atoms with E-state index in [2.05, 4.69) is 18.0 Å². The highest BCUT2D eigenvalue weighted by molar-refractivity contribution is 5.40. The molecule has 0 spiro atoms. The van der Waals surface area contributed by atoms with Crippen molar-refractivity contribution in [3.63, 3.8) is 0 Å². The molecule has 1 aromatic heterocycles. The number of nitrogens with zero attached hydrogens (tertiary/aromatic N) is 3. The fourth-order valence-corrected chi connectivity index (χ4v) is 1.53. The van der Waals surface area contributed by atoms with Crippen molar-refractivity contribution in [1.82, 2.24) is 9.55 Å². The highest BCUT2D eigenvalue weighted by atomic mass is 15.1. The molecule has 2 rings (SSSR count). The van der Waals surface area contributed by atoms with Gasteiger partial charge in [0, 0.05) is 24.5 Å². The van der Waals surface area contributed by atoms with Crippen molar-refractivity contribution >= 4 is 0 Å². The van der Waals surface area contributed by atoms with Crippen LogP contribution in [-0.2, 0) is 6.42 Å². The van der Waals surface area contributed by atoms with E-state index in [-0.39, 0.29) is 0 Å². The largest absolute Gasteiger partial charge is 0.304 e. The Hall–Kier alpha value is -2.08. The number of nitriles is 1. The van der Waals surface area contributed by atoms with Crippen LogP contribution < -0.4 is 0 Å². The second-order valence-corrected chi connectivity index (χ2v) is 3.23. The summed E-state index contributed by atoms with van der Waals surface area (Å²) >= 11 is 0. The number of aromatic nitrogens is 2. The zero-order valence-electron chi connectivity index (χ0n) is 8.51. The second kappa shape index (κ2) is 3.97. The van der Waals surface area contributed by atoms with Crippen molar-refractivity contribution in [1.29, 1.82) is 5.26 Å². The van der Waals surface area contributed by atoms with Gasteiger partial charge in [-0.3, -0.25) is 0 Å². The fraction of sp³-hybridized carbons (Fsp3) is 0.167. The van der Waals surface area contributed by atoms with E-state index < -0.39 is 0 Å². The summed E-state index contributed by atoms with van der Waals surface area (Å²) in [6, 6.07) is 9.59. The number of imidazole rings is 1. The summed E-state index contributed by atoms with van der Waals surface area (Å²) < 4.78 is 2.03. The van der Waals surface area contributed by atoms with Crippen LogP contribution in [0.5, 0.6) is 0 Å². The number of hydrogen-bond acceptors (Lipinski definition) is 2. The molecular formula is C12H11N3. The molecule has 74 valence electrons. The third-order valence-electron chi connectivity index (χ3n) is 2.31. The Morgan fingerprint density at radius 3 is 2.67 bits per heavy atom. The van der Waals surface area contributed by atoms with Gasteiger partial charge in [-0.1, -0.05) is 6.92 Å². The van der Waals surface area contributed by atoms with Gasteiger partial charge in [0.2, 0.25) is 0 Å². The Bertz CT molecular complexity index is 488. The van der Waals surface area contributed by atoms with Gasteiger partial charge < -0.3 is 4.57 Å². The predicted molar refractivity (Wildman–Crippen MR) is 57.7 cm³/mol. The topological polar surface area (TPSA) is 41.6 Å². The monoisotopic (exact) mass is 197 g/mol. The highest BCUT2D eigenvalue weighted by Crippen LogP contribution is 2.11. The summed E-state index contributed by atoms with van der Waals surface area (Å²) in [6.45, 7) is 2.07. The third-order valence-corrected chi connectivity index (χ3v) is 2.31. The maximum atomic E-state index is 8.69. The first kappa shape index (κ1) is 9.47. The van der Waals surface area contributed by atoms with E-state index in [1.165, 1.54) is 0 Å². The molecule has 3 heteroatoms. The smallest absolute Gasteiger partial charge is 0.112 e. The number of hydrogen-bond donors (Lipinski definition) is 0. The average Bonchev–Trinajstić information content (AvgIpc) is 2.77. The van der Waals surface area contributed by atoms with Crippen LogP contribution in [0.15, 0.2) is 36.7 Å². The SMILES string of the molecule is CCc1nccn1-c1ccc(C#N)cc1. The summed E-state index contributed by atoms with van der Waals surface area (Å²) in [5, 5.41) is 8.69. The van der Waals surface area contributed by atoms with Crippen molar-refractivity contribution in [2.45, 2.75) is 13.3 Å². The van der Waals surface area contributed by atoms with E-state index >= 15 is 0 Å². The molecule has 0 bridgehead atoms. The molecule has 2 aromatic rings. The molecule has 3 nitrogen and oxygen atoms in total. The van der Waals surface area contributed by atoms with Gasteiger partial charge >= 0.3 is 0 Å². The lowest BCUT2D eigenvalue weighted by Gasteiger charge is -2.05. The van der Waals surface area contributed by atoms with Crippen LogP contribution >= 0.6 is 0 Å². The minimum absolute atomic E-state index is 0.678. The summed E-state index contributed by atoms with van der Waals surface area (Å²) in [5.41, 5.74) is 1.72. The van der Waals surface area contributed by atoms with Gasteiger partial charge in [-0.05, 0) is 24.3 Å². The molecule has 0 aliphatic rings. The van der Waals surface area contributed by atoms with Crippen LogP contribution in [0.3, 0.4) is 0 Å². The third kappa shape index (κ3) is 1.75. The number of rotatable bonds is 2. The highest BCUT2D eigenvalue weighted by Gasteiger charge is 2.02. The molecule has 0 radical (unpaired) electrons. The Balaban J connectivity index is 2.42. The van der Waals surface area contributed by atoms with Crippen molar-refractivity contribution in [2.75, 3.05) is 0 Å². The van der Waals surface area contributed by atoms with Gasteiger partial charge in [-0.2, -0.15) is 5.26 Å². The van der Waals surface area contributed by atoms with E-state index in [1.807, 2.05) is 35.0 Å². The molecule has 1 aromatic carbocycles. The van der Waals surface area contributed by atoms with Gasteiger partial charge in [0.25, 0.3) is 0 Å². The average molecular weight is 197 g/mol. The van der Waals surface area contributed by atoms with Crippen molar-refractivity contribution < 1.29 is 0 Å². The number of aryl methyl sites for hydroxylation is 1. The Labute approximate surface area is 88.6 Å². The van der Waals surface area contributed by atoms with Gasteiger partial charge in [0.05, 0.1) is 11.6 Å². The van der Waals surface area contributed by atoms with Crippen LogP contribution in [0.25, 0.3) is 5.69 Å². The van der Waals surface area contributed by atoms with Crippen molar-refractivity contribution in [3.8, 4) is 11.8 Å². The molecule has 0 unspecified atom stereocenters. The predicted octanol–water partition coefficient (Wildman–Crippen LogP) is 2.31.